The van der Waals surface area contributed by atoms with E-state index in [0.29, 0.717) is 72.5 Å². The van der Waals surface area contributed by atoms with Crippen LogP contribution in [0.25, 0.3) is 6.08 Å². The van der Waals surface area contributed by atoms with Gasteiger partial charge >= 0.3 is 11.9 Å². The maximum atomic E-state index is 13.7. The topological polar surface area (TPSA) is 107 Å². The highest BCUT2D eigenvalue weighted by Crippen LogP contribution is 2.52. The minimum absolute atomic E-state index is 0.0106. The van der Waals surface area contributed by atoms with Crippen molar-refractivity contribution in [3.8, 4) is 28.7 Å². The Labute approximate surface area is 234 Å². The molecule has 214 valence electrons. The number of Topliss-reactive ketones (excluding diaryl/α,β-unsaturated/α-hetero) is 1. The fraction of sp³-hybridized carbons (Fsp3) is 0.452. The largest absolute Gasteiger partial charge is 0.495 e. The Morgan fingerprint density at radius 3 is 2.30 bits per heavy atom. The van der Waals surface area contributed by atoms with Crippen molar-refractivity contribution >= 4 is 23.8 Å². The van der Waals surface area contributed by atoms with Crippen LogP contribution in [-0.4, -0.2) is 52.3 Å². The quantitative estimate of drug-likeness (QED) is 0.344. The zero-order valence-corrected chi connectivity index (χ0v) is 23.7. The highest BCUT2D eigenvalue weighted by Gasteiger charge is 2.38. The van der Waals surface area contributed by atoms with Gasteiger partial charge < -0.3 is 28.4 Å². The standard InChI is InChI=1S/C31H36O9/c1-18-10-9-13-20(32)12-8-6-7-11-19-16-24-27(30(38-5)26(19)31(34)39-18)22(17-25(33)40-24)21-14-15-23(35-2)29(37-4)28(21)36-3/h7,11,14-16,18,22H,6,8-10,12-13,17H2,1-5H3. The van der Waals surface area contributed by atoms with Gasteiger partial charge in [0.25, 0.3) is 0 Å². The van der Waals surface area contributed by atoms with Crippen molar-refractivity contribution in [3.05, 3.63) is 46.5 Å². The number of fused-ring (bicyclic) bond motifs is 2. The Morgan fingerprint density at radius 2 is 1.60 bits per heavy atom. The molecule has 0 saturated heterocycles. The smallest absolute Gasteiger partial charge is 0.342 e. The van der Waals surface area contributed by atoms with E-state index in [1.165, 1.54) is 28.4 Å². The molecule has 4 rings (SSSR count). The average molecular weight is 553 g/mol. The van der Waals surface area contributed by atoms with Crippen LogP contribution in [0, 0.1) is 0 Å². The van der Waals surface area contributed by atoms with E-state index in [4.69, 9.17) is 28.4 Å². The molecule has 0 saturated carbocycles. The van der Waals surface area contributed by atoms with Crippen molar-refractivity contribution in [3.63, 3.8) is 0 Å². The maximum absolute atomic E-state index is 13.7. The van der Waals surface area contributed by atoms with Gasteiger partial charge in [-0.3, -0.25) is 9.59 Å². The highest BCUT2D eigenvalue weighted by molar-refractivity contribution is 5.99. The van der Waals surface area contributed by atoms with Gasteiger partial charge in [-0.15, -0.1) is 0 Å². The van der Waals surface area contributed by atoms with Crippen LogP contribution in [0.1, 0.15) is 84.8 Å². The first-order valence-electron chi connectivity index (χ1n) is 13.5. The third-order valence-electron chi connectivity index (χ3n) is 7.27. The number of cyclic esters (lactones) is 1. The van der Waals surface area contributed by atoms with E-state index in [-0.39, 0.29) is 29.3 Å². The van der Waals surface area contributed by atoms with E-state index in [9.17, 15) is 14.4 Å². The number of methoxy groups -OCH3 is 4. The van der Waals surface area contributed by atoms with Gasteiger partial charge in [-0.25, -0.2) is 4.79 Å². The first-order chi connectivity index (χ1) is 19.3. The number of allylic oxidation sites excluding steroid dienone is 1. The van der Waals surface area contributed by atoms with Gasteiger partial charge in [0.05, 0.1) is 41.0 Å². The molecule has 0 amide bonds. The van der Waals surface area contributed by atoms with Crippen LogP contribution in [0.15, 0.2) is 24.3 Å². The first kappa shape index (κ1) is 29.0. The summed E-state index contributed by atoms with van der Waals surface area (Å²) in [5.41, 5.74) is 1.94. The lowest BCUT2D eigenvalue weighted by molar-refractivity contribution is -0.135. The van der Waals surface area contributed by atoms with Gasteiger partial charge in [-0.2, -0.15) is 0 Å². The van der Waals surface area contributed by atoms with Crippen molar-refractivity contribution in [2.24, 2.45) is 0 Å². The molecular weight excluding hydrogens is 516 g/mol. The van der Waals surface area contributed by atoms with Crippen molar-refractivity contribution in [1.82, 2.24) is 0 Å². The molecule has 2 heterocycles. The van der Waals surface area contributed by atoms with Crippen molar-refractivity contribution in [1.29, 1.82) is 0 Å². The van der Waals surface area contributed by atoms with E-state index in [1.807, 2.05) is 13.0 Å². The van der Waals surface area contributed by atoms with Crippen LogP contribution in [0.5, 0.6) is 28.7 Å². The lowest BCUT2D eigenvalue weighted by atomic mass is 9.82. The summed E-state index contributed by atoms with van der Waals surface area (Å²) in [6.07, 6.45) is 6.83. The van der Waals surface area contributed by atoms with Crippen LogP contribution < -0.4 is 23.7 Å². The number of benzene rings is 2. The molecule has 40 heavy (non-hydrogen) atoms. The van der Waals surface area contributed by atoms with Crippen molar-refractivity contribution in [2.45, 2.75) is 63.9 Å². The van der Waals surface area contributed by atoms with Gasteiger partial charge in [0, 0.05) is 29.9 Å². The molecule has 0 aromatic heterocycles. The number of rotatable bonds is 5. The summed E-state index contributed by atoms with van der Waals surface area (Å²) in [5.74, 6) is 0.475. The molecule has 2 aliphatic rings. The third-order valence-corrected chi connectivity index (χ3v) is 7.27. The van der Waals surface area contributed by atoms with Crippen LogP contribution >= 0.6 is 0 Å². The lowest BCUT2D eigenvalue weighted by Crippen LogP contribution is -2.24. The second-order valence-electron chi connectivity index (χ2n) is 9.88. The van der Waals surface area contributed by atoms with Gasteiger partial charge in [0.1, 0.15) is 22.8 Å². The van der Waals surface area contributed by atoms with E-state index >= 15 is 0 Å². The fourth-order valence-corrected chi connectivity index (χ4v) is 5.37. The summed E-state index contributed by atoms with van der Waals surface area (Å²) in [7, 11) is 6.03. The predicted molar refractivity (Wildman–Crippen MR) is 148 cm³/mol. The third kappa shape index (κ3) is 5.93. The average Bonchev–Trinajstić information content (AvgIpc) is 2.94. The second-order valence-corrected chi connectivity index (χ2v) is 9.88. The molecule has 2 aromatic rings. The highest BCUT2D eigenvalue weighted by atomic mass is 16.6. The van der Waals surface area contributed by atoms with E-state index in [0.717, 1.165) is 0 Å². The normalized spacial score (nSPS) is 19.9. The zero-order valence-electron chi connectivity index (χ0n) is 23.7. The Hall–Kier alpha value is -4.01. The van der Waals surface area contributed by atoms with E-state index < -0.39 is 24.0 Å². The molecule has 2 unspecified atom stereocenters. The lowest BCUT2D eigenvalue weighted by Gasteiger charge is -2.30. The number of ether oxygens (including phenoxy) is 6. The molecule has 0 bridgehead atoms. The molecule has 9 heteroatoms. The fourth-order valence-electron chi connectivity index (χ4n) is 5.37. The molecule has 0 aliphatic carbocycles. The Morgan fingerprint density at radius 1 is 0.875 bits per heavy atom. The van der Waals surface area contributed by atoms with Gasteiger partial charge in [0.15, 0.2) is 11.5 Å². The zero-order chi connectivity index (χ0) is 28.8. The van der Waals surface area contributed by atoms with Crippen molar-refractivity contribution in [2.75, 3.05) is 28.4 Å². The summed E-state index contributed by atoms with van der Waals surface area (Å²) in [6.45, 7) is 1.81. The molecular formula is C31H36O9. The number of ketones is 1. The summed E-state index contributed by atoms with van der Waals surface area (Å²) in [6, 6.07) is 5.22. The molecule has 9 nitrogen and oxygen atoms in total. The van der Waals surface area contributed by atoms with Crippen LogP contribution in [0.2, 0.25) is 0 Å². The monoisotopic (exact) mass is 552 g/mol. The van der Waals surface area contributed by atoms with Gasteiger partial charge in [0.2, 0.25) is 5.75 Å². The van der Waals surface area contributed by atoms with Gasteiger partial charge in [-0.05, 0) is 50.3 Å². The molecule has 0 N–H and O–H groups in total. The summed E-state index contributed by atoms with van der Waals surface area (Å²) < 4.78 is 34.2. The Bertz CT molecular complexity index is 1310. The minimum Gasteiger partial charge on any atom is -0.495 e. The Balaban J connectivity index is 1.92. The maximum Gasteiger partial charge on any atom is 0.342 e. The number of carbonyl (C=O) groups excluding carboxylic acids is 3. The van der Waals surface area contributed by atoms with Crippen LogP contribution in [0.3, 0.4) is 0 Å². The van der Waals surface area contributed by atoms with Crippen LogP contribution in [-0.2, 0) is 14.3 Å². The van der Waals surface area contributed by atoms with Gasteiger partial charge in [-0.1, -0.05) is 18.2 Å². The first-order valence-corrected chi connectivity index (χ1v) is 13.5. The van der Waals surface area contributed by atoms with Crippen molar-refractivity contribution < 1.29 is 42.8 Å². The second kappa shape index (κ2) is 12.9. The number of hydrogen-bond donors (Lipinski definition) is 0. The SMILES string of the molecule is COc1ccc(C2CC(=O)Oc3cc4c(c(OC)c32)C(=O)OC(C)CCCC(=O)CCCC=C4)c(OC)c1OC. The summed E-state index contributed by atoms with van der Waals surface area (Å²) in [5, 5.41) is 0. The molecule has 2 atom stereocenters. The Kier molecular flexibility index (Phi) is 9.34. The molecule has 0 fully saturated rings. The van der Waals surface area contributed by atoms with E-state index in [1.54, 1.807) is 24.3 Å². The number of carbonyl (C=O) groups is 3. The molecule has 0 spiro atoms. The van der Waals surface area contributed by atoms with Crippen LogP contribution in [0.4, 0.5) is 0 Å². The summed E-state index contributed by atoms with van der Waals surface area (Å²) in [4.78, 5) is 38.7. The predicted octanol–water partition coefficient (Wildman–Crippen LogP) is 5.64. The molecule has 2 aromatic carbocycles. The van der Waals surface area contributed by atoms with E-state index in [2.05, 4.69) is 0 Å². The molecule has 2 aliphatic heterocycles. The number of hydrogen-bond acceptors (Lipinski definition) is 9. The number of esters is 2. The molecule has 0 radical (unpaired) electrons. The summed E-state index contributed by atoms with van der Waals surface area (Å²) >= 11 is 0. The minimum atomic E-state index is -0.570.